The van der Waals surface area contributed by atoms with E-state index in [4.69, 9.17) is 4.74 Å². The number of anilines is 1. The van der Waals surface area contributed by atoms with Crippen LogP contribution in [0.4, 0.5) is 5.69 Å². The van der Waals surface area contributed by atoms with Gasteiger partial charge in [0.1, 0.15) is 5.75 Å². The van der Waals surface area contributed by atoms with Gasteiger partial charge in [0, 0.05) is 11.6 Å². The zero-order valence-electron chi connectivity index (χ0n) is 10.7. The number of carbonyl (C=O) groups excluding carboxylic acids is 1. The molecule has 2 bridgehead atoms. The van der Waals surface area contributed by atoms with Crippen LogP contribution in [-0.2, 0) is 4.79 Å². The summed E-state index contributed by atoms with van der Waals surface area (Å²) in [5, 5.41) is 3.03. The Kier molecular flexibility index (Phi) is 2.98. The lowest BCUT2D eigenvalue weighted by Crippen LogP contribution is -2.27. The van der Waals surface area contributed by atoms with E-state index in [0.717, 1.165) is 23.8 Å². The molecule has 0 aliphatic heterocycles. The van der Waals surface area contributed by atoms with Crippen molar-refractivity contribution in [3.8, 4) is 5.75 Å². The Balaban J connectivity index is 1.63. The highest BCUT2D eigenvalue weighted by Gasteiger charge is 2.42. The molecule has 1 aromatic carbocycles. The molecule has 0 aromatic heterocycles. The SMILES string of the molecule is COc1ccc(NC(=O)[C@H]2C[C@H]3CC[C@@H]2C3)cc1. The number of methoxy groups -OCH3 is 1. The van der Waals surface area contributed by atoms with Gasteiger partial charge in [-0.25, -0.2) is 0 Å². The summed E-state index contributed by atoms with van der Waals surface area (Å²) in [6.07, 6.45) is 4.93. The molecule has 0 heterocycles. The number of hydrogen-bond donors (Lipinski definition) is 1. The third-order valence-corrected chi connectivity index (χ3v) is 4.43. The van der Waals surface area contributed by atoms with E-state index in [0.29, 0.717) is 5.92 Å². The van der Waals surface area contributed by atoms with Crippen LogP contribution in [-0.4, -0.2) is 13.0 Å². The second-order valence-electron chi connectivity index (χ2n) is 5.50. The largest absolute Gasteiger partial charge is 0.497 e. The summed E-state index contributed by atoms with van der Waals surface area (Å²) in [6, 6.07) is 7.53. The fourth-order valence-corrected chi connectivity index (χ4v) is 3.48. The topological polar surface area (TPSA) is 38.3 Å². The van der Waals surface area contributed by atoms with Crippen LogP contribution >= 0.6 is 0 Å². The smallest absolute Gasteiger partial charge is 0.227 e. The molecule has 96 valence electrons. The number of rotatable bonds is 3. The molecule has 3 nitrogen and oxygen atoms in total. The molecular weight excluding hydrogens is 226 g/mol. The highest BCUT2D eigenvalue weighted by molar-refractivity contribution is 5.93. The van der Waals surface area contributed by atoms with Gasteiger partial charge in [-0.15, -0.1) is 0 Å². The molecule has 0 saturated heterocycles. The van der Waals surface area contributed by atoms with Gasteiger partial charge in [0.25, 0.3) is 0 Å². The second kappa shape index (κ2) is 4.63. The van der Waals surface area contributed by atoms with E-state index in [1.54, 1.807) is 7.11 Å². The molecule has 18 heavy (non-hydrogen) atoms. The van der Waals surface area contributed by atoms with Crippen molar-refractivity contribution in [2.45, 2.75) is 25.7 Å². The zero-order valence-corrected chi connectivity index (χ0v) is 10.7. The monoisotopic (exact) mass is 245 g/mol. The molecule has 0 unspecified atom stereocenters. The first-order valence-electron chi connectivity index (χ1n) is 6.71. The maximum atomic E-state index is 12.2. The predicted octanol–water partition coefficient (Wildman–Crippen LogP) is 3.07. The highest BCUT2D eigenvalue weighted by Crippen LogP contribution is 2.48. The van der Waals surface area contributed by atoms with Crippen LogP contribution < -0.4 is 10.1 Å². The lowest BCUT2D eigenvalue weighted by atomic mass is 9.88. The third kappa shape index (κ3) is 2.09. The van der Waals surface area contributed by atoms with Crippen LogP contribution in [0.15, 0.2) is 24.3 Å². The van der Waals surface area contributed by atoms with Crippen molar-refractivity contribution in [1.29, 1.82) is 0 Å². The number of amides is 1. The molecule has 0 spiro atoms. The standard InChI is InChI=1S/C15H19NO2/c1-18-13-6-4-12(5-7-13)16-15(17)14-9-10-2-3-11(14)8-10/h4-7,10-11,14H,2-3,8-9H2,1H3,(H,16,17)/t10-,11+,14-/m0/s1. The van der Waals surface area contributed by atoms with Crippen LogP contribution in [0.1, 0.15) is 25.7 Å². The molecule has 3 atom stereocenters. The number of carbonyl (C=O) groups is 1. The summed E-state index contributed by atoms with van der Waals surface area (Å²) in [7, 11) is 1.64. The van der Waals surface area contributed by atoms with E-state index in [9.17, 15) is 4.79 Å². The van der Waals surface area contributed by atoms with Crippen molar-refractivity contribution in [2.75, 3.05) is 12.4 Å². The molecular formula is C15H19NO2. The van der Waals surface area contributed by atoms with Gasteiger partial charge in [0.15, 0.2) is 0 Å². The Bertz CT molecular complexity index is 440. The van der Waals surface area contributed by atoms with Gasteiger partial charge in [-0.3, -0.25) is 4.79 Å². The first-order chi connectivity index (χ1) is 8.76. The minimum atomic E-state index is 0.201. The zero-order chi connectivity index (χ0) is 12.5. The maximum Gasteiger partial charge on any atom is 0.227 e. The maximum absolute atomic E-state index is 12.2. The van der Waals surface area contributed by atoms with Gasteiger partial charge >= 0.3 is 0 Å². The minimum Gasteiger partial charge on any atom is -0.497 e. The van der Waals surface area contributed by atoms with Gasteiger partial charge in [0.05, 0.1) is 7.11 Å². The summed E-state index contributed by atoms with van der Waals surface area (Å²) in [4.78, 5) is 12.2. The van der Waals surface area contributed by atoms with Crippen LogP contribution in [0.5, 0.6) is 5.75 Å². The van der Waals surface area contributed by atoms with Crippen molar-refractivity contribution in [1.82, 2.24) is 0 Å². The first kappa shape index (κ1) is 11.6. The van der Waals surface area contributed by atoms with E-state index in [-0.39, 0.29) is 11.8 Å². The van der Waals surface area contributed by atoms with Gasteiger partial charge < -0.3 is 10.1 Å². The fourth-order valence-electron chi connectivity index (χ4n) is 3.48. The normalized spacial score (nSPS) is 29.3. The van der Waals surface area contributed by atoms with E-state index < -0.39 is 0 Å². The minimum absolute atomic E-state index is 0.201. The summed E-state index contributed by atoms with van der Waals surface area (Å²) in [6.45, 7) is 0. The molecule has 2 aliphatic carbocycles. The number of benzene rings is 1. The lowest BCUT2D eigenvalue weighted by molar-refractivity contribution is -0.121. The van der Waals surface area contributed by atoms with Gasteiger partial charge in [-0.05, 0) is 55.4 Å². The van der Waals surface area contributed by atoms with Gasteiger partial charge in [0.2, 0.25) is 5.91 Å². The summed E-state index contributed by atoms with van der Waals surface area (Å²) in [5.74, 6) is 2.70. The Morgan fingerprint density at radius 3 is 2.56 bits per heavy atom. The van der Waals surface area contributed by atoms with Crippen molar-refractivity contribution in [3.05, 3.63) is 24.3 Å². The van der Waals surface area contributed by atoms with E-state index in [2.05, 4.69) is 5.32 Å². The third-order valence-electron chi connectivity index (χ3n) is 4.43. The van der Waals surface area contributed by atoms with E-state index >= 15 is 0 Å². The average molecular weight is 245 g/mol. The molecule has 1 N–H and O–H groups in total. The molecule has 1 amide bonds. The van der Waals surface area contributed by atoms with Crippen molar-refractivity contribution in [3.63, 3.8) is 0 Å². The van der Waals surface area contributed by atoms with E-state index in [1.165, 1.54) is 19.3 Å². The summed E-state index contributed by atoms with van der Waals surface area (Å²) < 4.78 is 5.10. The first-order valence-corrected chi connectivity index (χ1v) is 6.71. The molecule has 2 saturated carbocycles. The second-order valence-corrected chi connectivity index (χ2v) is 5.50. The summed E-state index contributed by atoms with van der Waals surface area (Å²) in [5.41, 5.74) is 0.864. The van der Waals surface area contributed by atoms with Crippen LogP contribution in [0.3, 0.4) is 0 Å². The van der Waals surface area contributed by atoms with Gasteiger partial charge in [-0.1, -0.05) is 6.42 Å². The van der Waals surface area contributed by atoms with Crippen molar-refractivity contribution >= 4 is 11.6 Å². The van der Waals surface area contributed by atoms with E-state index in [1.807, 2.05) is 24.3 Å². The average Bonchev–Trinajstić information content (AvgIpc) is 3.02. The Morgan fingerprint density at radius 2 is 2.00 bits per heavy atom. The van der Waals surface area contributed by atoms with Crippen LogP contribution in [0.2, 0.25) is 0 Å². The highest BCUT2D eigenvalue weighted by atomic mass is 16.5. The quantitative estimate of drug-likeness (QED) is 0.888. The molecule has 3 heteroatoms. The molecule has 3 rings (SSSR count). The number of ether oxygens (including phenoxy) is 1. The molecule has 1 aromatic rings. The van der Waals surface area contributed by atoms with Crippen LogP contribution in [0.25, 0.3) is 0 Å². The van der Waals surface area contributed by atoms with Crippen molar-refractivity contribution in [2.24, 2.45) is 17.8 Å². The Morgan fingerprint density at radius 1 is 1.22 bits per heavy atom. The Hall–Kier alpha value is -1.51. The Labute approximate surface area is 108 Å². The number of fused-ring (bicyclic) bond motifs is 2. The predicted molar refractivity (Wildman–Crippen MR) is 70.6 cm³/mol. The van der Waals surface area contributed by atoms with Gasteiger partial charge in [-0.2, -0.15) is 0 Å². The fraction of sp³-hybridized carbons (Fsp3) is 0.533. The van der Waals surface area contributed by atoms with Crippen molar-refractivity contribution < 1.29 is 9.53 Å². The molecule has 2 aliphatic rings. The molecule has 2 fully saturated rings. The molecule has 0 radical (unpaired) electrons. The number of hydrogen-bond acceptors (Lipinski definition) is 2. The summed E-state index contributed by atoms with van der Waals surface area (Å²) >= 11 is 0. The number of nitrogens with one attached hydrogen (secondary N) is 1. The lowest BCUT2D eigenvalue weighted by Gasteiger charge is -2.20. The van der Waals surface area contributed by atoms with Crippen LogP contribution in [0, 0.1) is 17.8 Å².